The zero-order valence-corrected chi connectivity index (χ0v) is 10.4. The smallest absolute Gasteiger partial charge is 0.406 e. The van der Waals surface area contributed by atoms with E-state index in [0.717, 1.165) is 5.01 Å². The summed E-state index contributed by atoms with van der Waals surface area (Å²) in [6.07, 6.45) is -3.54. The highest BCUT2D eigenvalue weighted by Gasteiger charge is 2.31. The quantitative estimate of drug-likeness (QED) is 0.939. The van der Waals surface area contributed by atoms with Crippen LogP contribution in [0.5, 0.6) is 5.75 Å². The Morgan fingerprint density at radius 1 is 1.26 bits per heavy atom. The number of thiazole rings is 1. The molecule has 0 aliphatic rings. The van der Waals surface area contributed by atoms with Crippen molar-refractivity contribution in [2.24, 2.45) is 0 Å². The second-order valence-corrected chi connectivity index (χ2v) is 4.74. The Kier molecular flexibility index (Phi) is 4.06. The molecular weight excluding hydrogens is 279 g/mol. The summed E-state index contributed by atoms with van der Waals surface area (Å²) < 4.78 is 39.7. The molecule has 1 heterocycles. The average Bonchev–Trinajstić information content (AvgIpc) is 2.80. The fourth-order valence-corrected chi connectivity index (χ4v) is 2.18. The normalized spacial score (nSPS) is 13.3. The summed E-state index contributed by atoms with van der Waals surface area (Å²) in [5.41, 5.74) is 0.518. The molecule has 0 aliphatic heterocycles. The minimum absolute atomic E-state index is 0.308. The summed E-state index contributed by atoms with van der Waals surface area (Å²) >= 11 is 1.41. The number of hydrogen-bond donors (Lipinski definition) is 1. The molecule has 19 heavy (non-hydrogen) atoms. The molecule has 0 saturated heterocycles. The highest BCUT2D eigenvalue weighted by molar-refractivity contribution is 7.09. The number of ether oxygens (including phenoxy) is 1. The number of benzene rings is 1. The van der Waals surface area contributed by atoms with Crippen LogP contribution < -0.4 is 4.74 Å². The number of aliphatic hydroxyl groups excluding tert-OH is 1. The maximum Gasteiger partial charge on any atom is 0.573 e. The third-order valence-electron chi connectivity index (χ3n) is 2.35. The molecule has 2 aromatic rings. The van der Waals surface area contributed by atoms with Gasteiger partial charge in [0, 0.05) is 18.0 Å². The molecule has 0 amide bonds. The van der Waals surface area contributed by atoms with Crippen molar-refractivity contribution in [1.82, 2.24) is 4.98 Å². The highest BCUT2D eigenvalue weighted by Crippen LogP contribution is 2.25. The third kappa shape index (κ3) is 4.22. The van der Waals surface area contributed by atoms with Gasteiger partial charge in [0.15, 0.2) is 0 Å². The van der Waals surface area contributed by atoms with E-state index >= 15 is 0 Å². The van der Waals surface area contributed by atoms with Crippen LogP contribution in [0.2, 0.25) is 0 Å². The molecule has 1 unspecified atom stereocenters. The molecule has 102 valence electrons. The van der Waals surface area contributed by atoms with Crippen molar-refractivity contribution in [2.45, 2.75) is 18.9 Å². The maximum atomic E-state index is 12.0. The lowest BCUT2D eigenvalue weighted by atomic mass is 10.1. The second kappa shape index (κ2) is 5.58. The molecule has 1 N–H and O–H groups in total. The average molecular weight is 289 g/mol. The van der Waals surface area contributed by atoms with Crippen molar-refractivity contribution < 1.29 is 23.0 Å². The van der Waals surface area contributed by atoms with Crippen LogP contribution in [0.1, 0.15) is 16.7 Å². The van der Waals surface area contributed by atoms with Crippen molar-refractivity contribution >= 4 is 11.3 Å². The first-order chi connectivity index (χ1) is 8.94. The molecule has 1 atom stereocenters. The van der Waals surface area contributed by atoms with E-state index in [9.17, 15) is 18.3 Å². The van der Waals surface area contributed by atoms with E-state index in [1.54, 1.807) is 11.6 Å². The van der Waals surface area contributed by atoms with Crippen LogP contribution in [0.4, 0.5) is 13.2 Å². The van der Waals surface area contributed by atoms with Gasteiger partial charge in [-0.25, -0.2) is 4.98 Å². The zero-order chi connectivity index (χ0) is 13.9. The van der Waals surface area contributed by atoms with Gasteiger partial charge in [-0.05, 0) is 17.7 Å². The van der Waals surface area contributed by atoms with Gasteiger partial charge in [-0.3, -0.25) is 0 Å². The molecule has 0 fully saturated rings. The molecule has 0 spiro atoms. The third-order valence-corrected chi connectivity index (χ3v) is 3.15. The number of nitrogens with zero attached hydrogens (tertiary/aromatic N) is 1. The van der Waals surface area contributed by atoms with E-state index in [4.69, 9.17) is 0 Å². The summed E-state index contributed by atoms with van der Waals surface area (Å²) in [7, 11) is 0. The largest absolute Gasteiger partial charge is 0.573 e. The molecular formula is C12H10F3NO2S. The van der Waals surface area contributed by atoms with Crippen LogP contribution in [0.25, 0.3) is 0 Å². The Balaban J connectivity index is 2.01. The highest BCUT2D eigenvalue weighted by atomic mass is 32.1. The predicted octanol–water partition coefficient (Wildman–Crippen LogP) is 3.32. The van der Waals surface area contributed by atoms with Crippen LogP contribution in [0.3, 0.4) is 0 Å². The SMILES string of the molecule is OC(Cc1nccs1)c1ccc(OC(F)(F)F)cc1. The minimum atomic E-state index is -4.71. The summed E-state index contributed by atoms with van der Waals surface area (Å²) in [4.78, 5) is 4.03. The number of hydrogen-bond acceptors (Lipinski definition) is 4. The van der Waals surface area contributed by atoms with Crippen LogP contribution >= 0.6 is 11.3 Å². The molecule has 0 bridgehead atoms. The lowest BCUT2D eigenvalue weighted by Gasteiger charge is -2.12. The number of halogens is 3. The summed E-state index contributed by atoms with van der Waals surface area (Å²) in [5, 5.41) is 12.5. The van der Waals surface area contributed by atoms with Gasteiger partial charge in [-0.2, -0.15) is 0 Å². The first-order valence-corrected chi connectivity index (χ1v) is 6.24. The molecule has 0 aliphatic carbocycles. The van der Waals surface area contributed by atoms with Gasteiger partial charge in [0.25, 0.3) is 0 Å². The number of rotatable bonds is 4. The van der Waals surface area contributed by atoms with E-state index in [2.05, 4.69) is 9.72 Å². The fourth-order valence-electron chi connectivity index (χ4n) is 1.53. The van der Waals surface area contributed by atoms with Crippen molar-refractivity contribution in [2.75, 3.05) is 0 Å². The summed E-state index contributed by atoms with van der Waals surface area (Å²) in [6, 6.07) is 5.15. The maximum absolute atomic E-state index is 12.0. The van der Waals surface area contributed by atoms with Crippen molar-refractivity contribution in [3.8, 4) is 5.75 Å². The van der Waals surface area contributed by atoms with E-state index in [1.165, 1.54) is 35.6 Å². The van der Waals surface area contributed by atoms with Gasteiger partial charge in [0.2, 0.25) is 0 Å². The van der Waals surface area contributed by atoms with E-state index < -0.39 is 12.5 Å². The van der Waals surface area contributed by atoms with Gasteiger partial charge >= 0.3 is 6.36 Å². The molecule has 1 aromatic carbocycles. The van der Waals surface area contributed by atoms with Crippen LogP contribution in [0, 0.1) is 0 Å². The number of aromatic nitrogens is 1. The molecule has 2 rings (SSSR count). The molecule has 7 heteroatoms. The Labute approximate surface area is 111 Å². The van der Waals surface area contributed by atoms with Gasteiger partial charge in [-0.15, -0.1) is 24.5 Å². The Hall–Kier alpha value is -1.60. The fraction of sp³-hybridized carbons (Fsp3) is 0.250. The molecule has 1 aromatic heterocycles. The van der Waals surface area contributed by atoms with E-state index in [0.29, 0.717) is 12.0 Å². The number of aliphatic hydroxyl groups is 1. The van der Waals surface area contributed by atoms with Crippen LogP contribution in [-0.4, -0.2) is 16.5 Å². The van der Waals surface area contributed by atoms with Crippen molar-refractivity contribution in [1.29, 1.82) is 0 Å². The monoisotopic (exact) mass is 289 g/mol. The van der Waals surface area contributed by atoms with Crippen LogP contribution in [-0.2, 0) is 6.42 Å². The summed E-state index contributed by atoms with van der Waals surface area (Å²) in [6.45, 7) is 0. The Bertz CT molecular complexity index is 511. The van der Waals surface area contributed by atoms with Gasteiger partial charge in [0.05, 0.1) is 11.1 Å². The van der Waals surface area contributed by atoms with Crippen LogP contribution in [0.15, 0.2) is 35.8 Å². The Morgan fingerprint density at radius 3 is 2.47 bits per heavy atom. The Morgan fingerprint density at radius 2 is 1.95 bits per heavy atom. The lowest BCUT2D eigenvalue weighted by Crippen LogP contribution is -2.17. The standard InChI is InChI=1S/C12H10F3NO2S/c13-12(14,15)18-9-3-1-8(2-4-9)10(17)7-11-16-5-6-19-11/h1-6,10,17H,7H2. The van der Waals surface area contributed by atoms with E-state index in [1.807, 2.05) is 0 Å². The first kappa shape index (κ1) is 13.8. The lowest BCUT2D eigenvalue weighted by molar-refractivity contribution is -0.274. The van der Waals surface area contributed by atoms with Gasteiger partial charge < -0.3 is 9.84 Å². The molecule has 0 radical (unpaired) electrons. The number of alkyl halides is 3. The van der Waals surface area contributed by atoms with Gasteiger partial charge in [0.1, 0.15) is 5.75 Å². The molecule has 3 nitrogen and oxygen atoms in total. The van der Waals surface area contributed by atoms with Gasteiger partial charge in [-0.1, -0.05) is 12.1 Å². The van der Waals surface area contributed by atoms with Crippen molar-refractivity contribution in [3.05, 3.63) is 46.4 Å². The topological polar surface area (TPSA) is 42.4 Å². The minimum Gasteiger partial charge on any atom is -0.406 e. The van der Waals surface area contributed by atoms with E-state index in [-0.39, 0.29) is 5.75 Å². The zero-order valence-electron chi connectivity index (χ0n) is 9.59. The first-order valence-electron chi connectivity index (χ1n) is 5.36. The molecule has 0 saturated carbocycles. The second-order valence-electron chi connectivity index (χ2n) is 3.76. The van der Waals surface area contributed by atoms with Crippen molar-refractivity contribution in [3.63, 3.8) is 0 Å². The summed E-state index contributed by atoms with van der Waals surface area (Å²) in [5.74, 6) is -0.308. The predicted molar refractivity (Wildman–Crippen MR) is 63.9 cm³/mol.